The minimum atomic E-state index is -0.539. The van der Waals surface area contributed by atoms with Gasteiger partial charge in [0.2, 0.25) is 11.8 Å². The molecule has 1 unspecified atom stereocenters. The van der Waals surface area contributed by atoms with E-state index in [2.05, 4.69) is 6.07 Å². The van der Waals surface area contributed by atoms with E-state index in [1.54, 1.807) is 19.1 Å². The molecule has 0 aromatic heterocycles. The molecule has 9 nitrogen and oxygen atoms in total. The topological polar surface area (TPSA) is 116 Å². The molecular formula is C32H37N3O6. The number of carbonyl (C=O) groups is 1. The van der Waals surface area contributed by atoms with Crippen molar-refractivity contribution in [3.63, 3.8) is 0 Å². The maximum atomic E-state index is 12.7. The number of allylic oxidation sites excluding steroid dienone is 1. The number of nitriles is 1. The largest absolute Gasteiger partial charge is 0.493 e. The maximum Gasteiger partial charge on any atom is 0.220 e. The molecule has 2 aromatic carbocycles. The molecule has 41 heavy (non-hydrogen) atoms. The fourth-order valence-electron chi connectivity index (χ4n) is 4.97. The molecule has 0 aliphatic carbocycles. The van der Waals surface area contributed by atoms with Gasteiger partial charge >= 0.3 is 0 Å². The van der Waals surface area contributed by atoms with Gasteiger partial charge in [-0.05, 0) is 54.3 Å². The molecule has 0 spiro atoms. The predicted molar refractivity (Wildman–Crippen MR) is 155 cm³/mol. The molecule has 2 aromatic rings. The Bertz CT molecular complexity index is 1440. The lowest BCUT2D eigenvalue weighted by molar-refractivity contribution is -0.128. The van der Waals surface area contributed by atoms with Crippen LogP contribution in [0.1, 0.15) is 50.7 Å². The summed E-state index contributed by atoms with van der Waals surface area (Å²) in [7, 11) is 3.17. The summed E-state index contributed by atoms with van der Waals surface area (Å²) >= 11 is 0. The number of ether oxygens (including phenoxy) is 5. The third-order valence-electron chi connectivity index (χ3n) is 6.96. The van der Waals surface area contributed by atoms with Gasteiger partial charge in [0.15, 0.2) is 23.0 Å². The van der Waals surface area contributed by atoms with Crippen LogP contribution in [-0.2, 0) is 9.53 Å². The summed E-state index contributed by atoms with van der Waals surface area (Å²) in [6, 6.07) is 13.5. The van der Waals surface area contributed by atoms with Gasteiger partial charge in [-0.2, -0.15) is 5.26 Å². The summed E-state index contributed by atoms with van der Waals surface area (Å²) in [5.41, 5.74) is 9.77. The normalized spacial score (nSPS) is 17.5. The smallest absolute Gasteiger partial charge is 0.220 e. The van der Waals surface area contributed by atoms with Crippen LogP contribution in [0, 0.1) is 11.3 Å². The Morgan fingerprint density at radius 1 is 1.02 bits per heavy atom. The highest BCUT2D eigenvalue weighted by Gasteiger charge is 2.38. The van der Waals surface area contributed by atoms with Gasteiger partial charge in [-0.3, -0.25) is 4.79 Å². The summed E-state index contributed by atoms with van der Waals surface area (Å²) in [6.45, 7) is 7.34. The summed E-state index contributed by atoms with van der Waals surface area (Å²) in [5.74, 6) is 2.38. The van der Waals surface area contributed by atoms with E-state index in [0.717, 1.165) is 35.1 Å². The van der Waals surface area contributed by atoms with E-state index in [9.17, 15) is 10.1 Å². The highest BCUT2D eigenvalue weighted by Crippen LogP contribution is 2.45. The number of hydrogen-bond acceptors (Lipinski definition) is 8. The maximum absolute atomic E-state index is 12.7. The Balaban J connectivity index is 1.84. The minimum absolute atomic E-state index is 0.0320. The fraction of sp³-hybridized carbons (Fsp3) is 0.375. The van der Waals surface area contributed by atoms with Gasteiger partial charge in [-0.1, -0.05) is 26.0 Å². The lowest BCUT2D eigenvalue weighted by Gasteiger charge is -2.38. The SMILES string of the molecule is CCCOc1ccc(/C=C2\CN(C(C)=O)CC3=C2OC(N)=C(C#N)C3c2ccc(OCCC)c(OC)c2)cc1OC. The first-order chi connectivity index (χ1) is 19.8. The molecule has 0 fully saturated rings. The van der Waals surface area contributed by atoms with Crippen molar-refractivity contribution in [3.05, 3.63) is 75.9 Å². The average Bonchev–Trinajstić information content (AvgIpc) is 2.98. The molecule has 9 heteroatoms. The van der Waals surface area contributed by atoms with Gasteiger partial charge in [0.25, 0.3) is 0 Å². The highest BCUT2D eigenvalue weighted by atomic mass is 16.5. The van der Waals surface area contributed by atoms with Crippen molar-refractivity contribution in [2.24, 2.45) is 5.73 Å². The van der Waals surface area contributed by atoms with Gasteiger partial charge in [0.05, 0.1) is 33.4 Å². The zero-order valence-corrected chi connectivity index (χ0v) is 24.3. The van der Waals surface area contributed by atoms with Crippen LogP contribution < -0.4 is 24.7 Å². The highest BCUT2D eigenvalue weighted by molar-refractivity contribution is 5.76. The van der Waals surface area contributed by atoms with Crippen molar-refractivity contribution in [1.29, 1.82) is 5.26 Å². The third kappa shape index (κ3) is 6.27. The molecule has 216 valence electrons. The van der Waals surface area contributed by atoms with Gasteiger partial charge in [-0.25, -0.2) is 0 Å². The van der Waals surface area contributed by atoms with Crippen LogP contribution in [0.3, 0.4) is 0 Å². The summed E-state index contributed by atoms with van der Waals surface area (Å²) < 4.78 is 28.9. The Morgan fingerprint density at radius 2 is 1.66 bits per heavy atom. The number of nitrogens with zero attached hydrogens (tertiary/aromatic N) is 2. The van der Waals surface area contributed by atoms with Crippen LogP contribution in [0.2, 0.25) is 0 Å². The van der Waals surface area contributed by atoms with Crippen LogP contribution >= 0.6 is 0 Å². The molecule has 2 N–H and O–H groups in total. The molecule has 2 aliphatic heterocycles. The number of rotatable bonds is 10. The molecule has 1 atom stereocenters. The first kappa shape index (κ1) is 29.4. The Morgan fingerprint density at radius 3 is 2.24 bits per heavy atom. The molecule has 0 bridgehead atoms. The second-order valence-electron chi connectivity index (χ2n) is 9.84. The number of methoxy groups -OCH3 is 2. The summed E-state index contributed by atoms with van der Waals surface area (Å²) in [5, 5.41) is 10.1. The quantitative estimate of drug-likeness (QED) is 0.418. The Kier molecular flexibility index (Phi) is 9.45. The standard InChI is InChI=1S/C32H37N3O6/c1-6-12-39-26-10-8-21(15-28(26)37-4)14-23-18-35(20(3)36)19-25-30(24(17-33)32(34)41-31(23)25)22-9-11-27(40-13-7-2)29(16-22)38-5/h8-11,14-16,30H,6-7,12-13,18-19,34H2,1-5H3/b23-14+. The summed E-state index contributed by atoms with van der Waals surface area (Å²) in [6.07, 6.45) is 3.68. The minimum Gasteiger partial charge on any atom is -0.493 e. The van der Waals surface area contributed by atoms with E-state index in [1.807, 2.05) is 56.3 Å². The zero-order valence-electron chi connectivity index (χ0n) is 24.3. The second kappa shape index (κ2) is 13.2. The van der Waals surface area contributed by atoms with Gasteiger partial charge in [0.1, 0.15) is 17.4 Å². The molecule has 0 saturated heterocycles. The number of carbonyl (C=O) groups excluding carboxylic acids is 1. The van der Waals surface area contributed by atoms with E-state index < -0.39 is 5.92 Å². The first-order valence-corrected chi connectivity index (χ1v) is 13.7. The van der Waals surface area contributed by atoms with E-state index in [4.69, 9.17) is 29.4 Å². The lowest BCUT2D eigenvalue weighted by atomic mass is 9.80. The zero-order chi connectivity index (χ0) is 29.5. The van der Waals surface area contributed by atoms with E-state index >= 15 is 0 Å². The van der Waals surface area contributed by atoms with E-state index in [1.165, 1.54) is 6.92 Å². The molecule has 0 radical (unpaired) electrons. The van der Waals surface area contributed by atoms with Crippen LogP contribution in [0.5, 0.6) is 23.0 Å². The lowest BCUT2D eigenvalue weighted by Crippen LogP contribution is -2.40. The van der Waals surface area contributed by atoms with Crippen LogP contribution in [0.25, 0.3) is 6.08 Å². The Labute approximate surface area is 241 Å². The van der Waals surface area contributed by atoms with Gasteiger partial charge in [-0.15, -0.1) is 0 Å². The summed E-state index contributed by atoms with van der Waals surface area (Å²) in [4.78, 5) is 14.4. The van der Waals surface area contributed by atoms with E-state index in [-0.39, 0.29) is 23.9 Å². The monoisotopic (exact) mass is 559 g/mol. The van der Waals surface area contributed by atoms with Gasteiger partial charge < -0.3 is 34.3 Å². The van der Waals surface area contributed by atoms with Crippen molar-refractivity contribution in [1.82, 2.24) is 4.90 Å². The third-order valence-corrected chi connectivity index (χ3v) is 6.96. The van der Waals surface area contributed by atoms with Crippen molar-refractivity contribution in [2.75, 3.05) is 40.5 Å². The number of benzene rings is 2. The van der Waals surface area contributed by atoms with Gasteiger partial charge in [0, 0.05) is 31.2 Å². The molecule has 2 aliphatic rings. The second-order valence-corrected chi connectivity index (χ2v) is 9.84. The van der Waals surface area contributed by atoms with Crippen LogP contribution in [0.15, 0.2) is 64.8 Å². The van der Waals surface area contributed by atoms with Crippen LogP contribution in [-0.4, -0.2) is 51.3 Å². The molecular weight excluding hydrogens is 522 g/mol. The van der Waals surface area contributed by atoms with Crippen molar-refractivity contribution >= 4 is 12.0 Å². The van der Waals surface area contributed by atoms with Crippen molar-refractivity contribution in [2.45, 2.75) is 39.5 Å². The molecule has 1 amide bonds. The first-order valence-electron chi connectivity index (χ1n) is 13.7. The fourth-order valence-corrected chi connectivity index (χ4v) is 4.97. The average molecular weight is 560 g/mol. The molecule has 4 rings (SSSR count). The number of amides is 1. The van der Waals surface area contributed by atoms with Crippen LogP contribution in [0.4, 0.5) is 0 Å². The van der Waals surface area contributed by atoms with E-state index in [0.29, 0.717) is 48.5 Å². The Hall–Kier alpha value is -4.58. The molecule has 2 heterocycles. The van der Waals surface area contributed by atoms with Crippen molar-refractivity contribution < 1.29 is 28.5 Å². The van der Waals surface area contributed by atoms with Crippen molar-refractivity contribution in [3.8, 4) is 29.1 Å². The number of nitrogens with two attached hydrogens (primary N) is 1. The predicted octanol–water partition coefficient (Wildman–Crippen LogP) is 5.29. The molecule has 0 saturated carbocycles. The number of hydrogen-bond donors (Lipinski definition) is 1.